The van der Waals surface area contributed by atoms with E-state index in [2.05, 4.69) is 4.72 Å². The lowest BCUT2D eigenvalue weighted by Gasteiger charge is -2.27. The smallest absolute Gasteiger partial charge is 0.308 e. The molecule has 2 aliphatic carbocycles. The molecule has 0 aliphatic heterocycles. The number of sulfonamides is 1. The average Bonchev–Trinajstić information content (AvgIpc) is 2.57. The molecule has 1 fully saturated rings. The van der Waals surface area contributed by atoms with Gasteiger partial charge in [0.25, 0.3) is 0 Å². The molecule has 6 nitrogen and oxygen atoms in total. The fraction of sp³-hybridized carbons (Fsp3) is 0.579. The molecule has 0 spiro atoms. The topological polar surface area (TPSA) is 101 Å². The van der Waals surface area contributed by atoms with Gasteiger partial charge in [0, 0.05) is 18.0 Å². The summed E-state index contributed by atoms with van der Waals surface area (Å²) in [6.45, 7) is 0. The number of hydrogen-bond acceptors (Lipinski definition) is 4. The highest BCUT2D eigenvalue weighted by Gasteiger charge is 2.32. The van der Waals surface area contributed by atoms with Gasteiger partial charge in [-0.2, -0.15) is 0 Å². The molecule has 1 saturated carbocycles. The number of rotatable bonds is 4. The molecule has 1 aromatic rings. The van der Waals surface area contributed by atoms with Crippen LogP contribution in [0.1, 0.15) is 67.3 Å². The van der Waals surface area contributed by atoms with E-state index in [4.69, 9.17) is 0 Å². The Morgan fingerprint density at radius 2 is 1.77 bits per heavy atom. The highest BCUT2D eigenvalue weighted by molar-refractivity contribution is 7.89. The fourth-order valence-electron chi connectivity index (χ4n) is 3.98. The summed E-state index contributed by atoms with van der Waals surface area (Å²) in [5.74, 6) is -1.60. The van der Waals surface area contributed by atoms with Gasteiger partial charge < -0.3 is 5.11 Å². The van der Waals surface area contributed by atoms with Crippen LogP contribution in [0, 0.1) is 5.92 Å². The summed E-state index contributed by atoms with van der Waals surface area (Å²) < 4.78 is 28.3. The third kappa shape index (κ3) is 4.15. The summed E-state index contributed by atoms with van der Waals surface area (Å²) in [6.07, 6.45) is 6.53. The average molecular weight is 379 g/mol. The lowest BCUT2D eigenvalue weighted by Crippen LogP contribution is -2.43. The molecule has 2 unspecified atom stereocenters. The number of ketones is 1. The standard InChI is InChI=1S/C19H25NO5S/c21-18-9-5-6-13-12-14(10-11-15(13)18)26(24,25)20-17-8-4-2-1-3-7-16(17)19(22)23/h10-12,16-17,20H,1-9H2,(H,22,23). The third-order valence-electron chi connectivity index (χ3n) is 5.43. The van der Waals surface area contributed by atoms with Crippen LogP contribution >= 0.6 is 0 Å². The van der Waals surface area contributed by atoms with Crippen LogP contribution in [-0.2, 0) is 21.2 Å². The van der Waals surface area contributed by atoms with E-state index in [1.54, 1.807) is 12.1 Å². The van der Waals surface area contributed by atoms with Crippen LogP contribution in [0.5, 0.6) is 0 Å². The Hall–Kier alpha value is -1.73. The van der Waals surface area contributed by atoms with Crippen molar-refractivity contribution >= 4 is 21.8 Å². The summed E-state index contributed by atoms with van der Waals surface area (Å²) in [5.41, 5.74) is 1.36. The van der Waals surface area contributed by atoms with Crippen LogP contribution < -0.4 is 4.72 Å². The van der Waals surface area contributed by atoms with Crippen molar-refractivity contribution in [3.05, 3.63) is 29.3 Å². The molecule has 0 bridgehead atoms. The van der Waals surface area contributed by atoms with Gasteiger partial charge in [-0.05, 0) is 49.4 Å². The molecular formula is C19H25NO5S. The molecule has 2 atom stereocenters. The van der Waals surface area contributed by atoms with Gasteiger partial charge in [-0.25, -0.2) is 13.1 Å². The van der Waals surface area contributed by atoms with Crippen molar-refractivity contribution in [1.29, 1.82) is 0 Å². The second-order valence-corrected chi connectivity index (χ2v) is 8.97. The highest BCUT2D eigenvalue weighted by atomic mass is 32.2. The van der Waals surface area contributed by atoms with Crippen molar-refractivity contribution in [3.63, 3.8) is 0 Å². The quantitative estimate of drug-likeness (QED) is 0.838. The molecule has 2 aliphatic rings. The van der Waals surface area contributed by atoms with Gasteiger partial charge >= 0.3 is 5.97 Å². The Morgan fingerprint density at radius 3 is 2.50 bits per heavy atom. The number of aliphatic carboxylic acids is 1. The zero-order valence-electron chi connectivity index (χ0n) is 14.7. The van der Waals surface area contributed by atoms with Gasteiger partial charge in [0.15, 0.2) is 5.78 Å². The maximum atomic E-state index is 12.8. The minimum atomic E-state index is -3.83. The van der Waals surface area contributed by atoms with E-state index in [1.165, 1.54) is 6.07 Å². The van der Waals surface area contributed by atoms with E-state index >= 15 is 0 Å². The van der Waals surface area contributed by atoms with Crippen molar-refractivity contribution in [2.75, 3.05) is 0 Å². The molecule has 0 saturated heterocycles. The summed E-state index contributed by atoms with van der Waals surface area (Å²) in [6, 6.07) is 3.99. The van der Waals surface area contributed by atoms with E-state index in [0.717, 1.165) is 37.7 Å². The molecule has 26 heavy (non-hydrogen) atoms. The first-order valence-electron chi connectivity index (χ1n) is 9.30. The Balaban J connectivity index is 1.85. The first-order chi connectivity index (χ1) is 12.4. The van der Waals surface area contributed by atoms with E-state index < -0.39 is 28.0 Å². The number of nitrogens with one attached hydrogen (secondary N) is 1. The van der Waals surface area contributed by atoms with E-state index in [-0.39, 0.29) is 10.7 Å². The summed E-state index contributed by atoms with van der Waals surface area (Å²) in [7, 11) is -3.83. The van der Waals surface area contributed by atoms with Gasteiger partial charge in [0.2, 0.25) is 10.0 Å². The normalized spacial score (nSPS) is 24.4. The molecule has 1 aromatic carbocycles. The monoisotopic (exact) mass is 379 g/mol. The number of carboxylic acids is 1. The van der Waals surface area contributed by atoms with Crippen LogP contribution in [0.3, 0.4) is 0 Å². The van der Waals surface area contributed by atoms with Crippen molar-refractivity contribution in [1.82, 2.24) is 4.72 Å². The van der Waals surface area contributed by atoms with Gasteiger partial charge in [-0.1, -0.05) is 25.7 Å². The zero-order valence-corrected chi connectivity index (χ0v) is 15.6. The van der Waals surface area contributed by atoms with E-state index in [9.17, 15) is 23.1 Å². The van der Waals surface area contributed by atoms with Crippen molar-refractivity contribution < 1.29 is 23.1 Å². The van der Waals surface area contributed by atoms with Gasteiger partial charge in [-0.15, -0.1) is 0 Å². The Kier molecular flexibility index (Phi) is 5.77. The van der Waals surface area contributed by atoms with Gasteiger partial charge in [-0.3, -0.25) is 9.59 Å². The number of Topliss-reactive ketones (excluding diaryl/α,β-unsaturated/α-hetero) is 1. The number of hydrogen-bond donors (Lipinski definition) is 2. The summed E-state index contributed by atoms with van der Waals surface area (Å²) >= 11 is 0. The van der Waals surface area contributed by atoms with Gasteiger partial charge in [0.05, 0.1) is 10.8 Å². The van der Waals surface area contributed by atoms with Crippen molar-refractivity contribution in [2.24, 2.45) is 5.92 Å². The van der Waals surface area contributed by atoms with Crippen LogP contribution in [0.15, 0.2) is 23.1 Å². The predicted octanol–water partition coefficient (Wildman–Crippen LogP) is 2.91. The number of benzene rings is 1. The predicted molar refractivity (Wildman–Crippen MR) is 96.6 cm³/mol. The first-order valence-corrected chi connectivity index (χ1v) is 10.8. The van der Waals surface area contributed by atoms with Crippen molar-refractivity contribution in [3.8, 4) is 0 Å². The van der Waals surface area contributed by atoms with Gasteiger partial charge in [0.1, 0.15) is 0 Å². The number of fused-ring (bicyclic) bond motifs is 1. The number of aryl methyl sites for hydroxylation is 1. The number of carbonyl (C=O) groups is 2. The van der Waals surface area contributed by atoms with Crippen LogP contribution in [0.25, 0.3) is 0 Å². The van der Waals surface area contributed by atoms with Crippen molar-refractivity contribution in [2.45, 2.75) is 68.7 Å². The minimum absolute atomic E-state index is 0.0501. The molecule has 0 aromatic heterocycles. The maximum absolute atomic E-state index is 12.8. The Bertz CT molecular complexity index is 802. The van der Waals surface area contributed by atoms with E-state index in [0.29, 0.717) is 31.2 Å². The van der Waals surface area contributed by atoms with Crippen LogP contribution in [-0.4, -0.2) is 31.3 Å². The largest absolute Gasteiger partial charge is 0.481 e. The minimum Gasteiger partial charge on any atom is -0.481 e. The molecule has 0 radical (unpaired) electrons. The second kappa shape index (κ2) is 7.88. The Labute approximate surface area is 154 Å². The molecular weight excluding hydrogens is 354 g/mol. The summed E-state index contributed by atoms with van der Waals surface area (Å²) in [5, 5.41) is 9.51. The molecule has 0 amide bonds. The molecule has 2 N–H and O–H groups in total. The summed E-state index contributed by atoms with van der Waals surface area (Å²) in [4.78, 5) is 23.6. The highest BCUT2D eigenvalue weighted by Crippen LogP contribution is 2.27. The molecule has 142 valence electrons. The Morgan fingerprint density at radius 1 is 1.04 bits per heavy atom. The number of carboxylic acid groups (broad SMARTS) is 1. The van der Waals surface area contributed by atoms with Crippen LogP contribution in [0.4, 0.5) is 0 Å². The third-order valence-corrected chi connectivity index (χ3v) is 6.91. The second-order valence-electron chi connectivity index (χ2n) is 7.26. The maximum Gasteiger partial charge on any atom is 0.308 e. The lowest BCUT2D eigenvalue weighted by atomic mass is 9.87. The van der Waals surface area contributed by atoms with Crippen LogP contribution in [0.2, 0.25) is 0 Å². The fourth-order valence-corrected chi connectivity index (χ4v) is 5.34. The molecule has 7 heteroatoms. The first kappa shape index (κ1) is 19.0. The number of carbonyl (C=O) groups excluding carboxylic acids is 1. The molecule has 0 heterocycles. The zero-order chi connectivity index (χ0) is 18.7. The molecule has 3 rings (SSSR count). The van der Waals surface area contributed by atoms with E-state index in [1.807, 2.05) is 0 Å². The lowest BCUT2D eigenvalue weighted by molar-refractivity contribution is -0.143. The SMILES string of the molecule is O=C1CCCc2cc(S(=O)(=O)NC3CCCCCCC3C(=O)O)ccc21.